The largest absolute Gasteiger partial charge is 0.507 e. The Bertz CT molecular complexity index is 1300. The van der Waals surface area contributed by atoms with Crippen LogP contribution in [0.2, 0.25) is 0 Å². The van der Waals surface area contributed by atoms with Gasteiger partial charge in [-0.25, -0.2) is 4.79 Å². The van der Waals surface area contributed by atoms with Crippen molar-refractivity contribution in [1.29, 1.82) is 0 Å². The minimum absolute atomic E-state index is 0.127. The fraction of sp³-hybridized carbons (Fsp3) is 0.280. The second-order valence-electron chi connectivity index (χ2n) is 8.28. The van der Waals surface area contributed by atoms with E-state index in [0.717, 1.165) is 37.1 Å². The molecule has 1 aliphatic heterocycles. The molecule has 1 saturated heterocycles. The molecule has 8 nitrogen and oxygen atoms in total. The number of carbonyl (C=O) groups is 1. The molecule has 3 heterocycles. The molecule has 170 valence electrons. The van der Waals surface area contributed by atoms with Crippen molar-refractivity contribution < 1.29 is 19.1 Å². The average molecular weight is 447 g/mol. The van der Waals surface area contributed by atoms with Crippen molar-refractivity contribution in [2.45, 2.75) is 6.04 Å². The van der Waals surface area contributed by atoms with Gasteiger partial charge in [-0.05, 0) is 24.7 Å². The lowest BCUT2D eigenvalue weighted by Crippen LogP contribution is -2.46. The maximum Gasteiger partial charge on any atom is 0.343 e. The van der Waals surface area contributed by atoms with E-state index in [4.69, 9.17) is 14.9 Å². The van der Waals surface area contributed by atoms with Crippen LogP contribution in [0.3, 0.4) is 0 Å². The van der Waals surface area contributed by atoms with Crippen molar-refractivity contribution in [3.8, 4) is 5.75 Å². The van der Waals surface area contributed by atoms with Gasteiger partial charge in [0.25, 0.3) is 0 Å². The molecule has 1 unspecified atom stereocenters. The predicted octanol–water partition coefficient (Wildman–Crippen LogP) is 3.10. The number of esters is 1. The van der Waals surface area contributed by atoms with Crippen LogP contribution in [0, 0.1) is 0 Å². The minimum Gasteiger partial charge on any atom is -0.507 e. The summed E-state index contributed by atoms with van der Waals surface area (Å²) >= 11 is 0. The molecule has 33 heavy (non-hydrogen) atoms. The number of fused-ring (bicyclic) bond motifs is 3. The first-order valence-corrected chi connectivity index (χ1v) is 10.9. The Morgan fingerprint density at radius 1 is 1.15 bits per heavy atom. The van der Waals surface area contributed by atoms with Crippen molar-refractivity contribution in [2.24, 2.45) is 5.73 Å². The lowest BCUT2D eigenvalue weighted by molar-refractivity contribution is 0.0516. The van der Waals surface area contributed by atoms with Gasteiger partial charge in [-0.1, -0.05) is 24.3 Å². The number of aromatic hydroxyl groups is 1. The van der Waals surface area contributed by atoms with Crippen LogP contribution in [0.15, 0.2) is 59.5 Å². The Morgan fingerprint density at radius 3 is 2.55 bits per heavy atom. The summed E-state index contributed by atoms with van der Waals surface area (Å²) in [5.74, 6) is -0.457. The molecule has 1 aliphatic rings. The van der Waals surface area contributed by atoms with Gasteiger partial charge >= 0.3 is 5.97 Å². The standard InChI is InChI=1S/C25H26N4O4/c1-28-10-12-29(13-11-28)22(16-6-8-27-9-7-16)21-20-19(25(31)33-15-26)14-32-24(20)18-5-3-2-4-17(18)23(21)30/h2-9,14,22,30H,10-13,15,26H2,1H3. The van der Waals surface area contributed by atoms with Crippen molar-refractivity contribution in [1.82, 2.24) is 14.8 Å². The first-order valence-electron chi connectivity index (χ1n) is 10.9. The Morgan fingerprint density at radius 2 is 1.85 bits per heavy atom. The van der Waals surface area contributed by atoms with Gasteiger partial charge in [0.2, 0.25) is 0 Å². The molecule has 0 aliphatic carbocycles. The number of carbonyl (C=O) groups excluding carboxylic acids is 1. The van der Waals surface area contributed by atoms with Crippen LogP contribution in [-0.2, 0) is 4.74 Å². The van der Waals surface area contributed by atoms with Crippen LogP contribution >= 0.6 is 0 Å². The van der Waals surface area contributed by atoms with Gasteiger partial charge in [0.05, 0.1) is 6.04 Å². The summed E-state index contributed by atoms with van der Waals surface area (Å²) in [7, 11) is 2.10. The highest BCUT2D eigenvalue weighted by molar-refractivity contribution is 6.16. The number of likely N-dealkylation sites (N-methyl/N-ethyl adjacent to an activating group) is 1. The maximum absolute atomic E-state index is 12.8. The normalized spacial score (nSPS) is 16.3. The Hall–Kier alpha value is -3.46. The molecule has 5 rings (SSSR count). The Labute approximate surface area is 191 Å². The number of nitrogens with zero attached hydrogens (tertiary/aromatic N) is 3. The molecule has 3 N–H and O–H groups in total. The highest BCUT2D eigenvalue weighted by Gasteiger charge is 2.33. The lowest BCUT2D eigenvalue weighted by Gasteiger charge is -2.39. The summed E-state index contributed by atoms with van der Waals surface area (Å²) in [5.41, 5.74) is 7.86. The lowest BCUT2D eigenvalue weighted by atomic mass is 9.89. The smallest absolute Gasteiger partial charge is 0.343 e. The number of benzene rings is 2. The molecular formula is C25H26N4O4. The molecule has 0 saturated carbocycles. The first kappa shape index (κ1) is 21.4. The van der Waals surface area contributed by atoms with E-state index in [2.05, 4.69) is 21.8 Å². The van der Waals surface area contributed by atoms with E-state index < -0.39 is 5.97 Å². The molecule has 0 spiro atoms. The predicted molar refractivity (Wildman–Crippen MR) is 125 cm³/mol. The van der Waals surface area contributed by atoms with Crippen molar-refractivity contribution in [3.63, 3.8) is 0 Å². The highest BCUT2D eigenvalue weighted by Crippen LogP contribution is 2.46. The number of aromatic nitrogens is 1. The average Bonchev–Trinajstić information content (AvgIpc) is 3.28. The number of hydrogen-bond acceptors (Lipinski definition) is 8. The van der Waals surface area contributed by atoms with E-state index in [-0.39, 0.29) is 24.1 Å². The number of rotatable bonds is 5. The third kappa shape index (κ3) is 3.72. The van der Waals surface area contributed by atoms with Gasteiger partial charge in [-0.2, -0.15) is 0 Å². The number of phenolic OH excluding ortho intramolecular Hbond substituents is 1. The topological polar surface area (TPSA) is 105 Å². The van der Waals surface area contributed by atoms with E-state index in [9.17, 15) is 9.90 Å². The SMILES string of the molecule is CN1CCN(C(c2ccncc2)c2c(O)c3ccccc3c3occ(C(=O)OCN)c23)CC1. The summed E-state index contributed by atoms with van der Waals surface area (Å²) < 4.78 is 11.0. The maximum atomic E-state index is 12.8. The van der Waals surface area contributed by atoms with Crippen molar-refractivity contribution >= 4 is 27.7 Å². The van der Waals surface area contributed by atoms with Gasteiger partial charge in [0.1, 0.15) is 29.9 Å². The van der Waals surface area contributed by atoms with Crippen LogP contribution in [-0.4, -0.2) is 65.8 Å². The van der Waals surface area contributed by atoms with E-state index in [0.29, 0.717) is 21.9 Å². The molecule has 2 aromatic carbocycles. The van der Waals surface area contributed by atoms with Crippen molar-refractivity contribution in [2.75, 3.05) is 40.0 Å². The Balaban J connectivity index is 1.83. The van der Waals surface area contributed by atoms with E-state index in [1.165, 1.54) is 6.26 Å². The molecule has 4 aromatic rings. The zero-order valence-corrected chi connectivity index (χ0v) is 18.4. The van der Waals surface area contributed by atoms with E-state index >= 15 is 0 Å². The first-order chi connectivity index (χ1) is 16.1. The summed E-state index contributed by atoms with van der Waals surface area (Å²) in [5, 5.41) is 13.6. The van der Waals surface area contributed by atoms with Gasteiger partial charge in [0.15, 0.2) is 0 Å². The third-order valence-corrected chi connectivity index (χ3v) is 6.37. The van der Waals surface area contributed by atoms with Crippen LogP contribution in [0.5, 0.6) is 5.75 Å². The van der Waals surface area contributed by atoms with E-state index in [1.54, 1.807) is 12.4 Å². The van der Waals surface area contributed by atoms with Crippen LogP contribution in [0.25, 0.3) is 21.7 Å². The van der Waals surface area contributed by atoms with Gasteiger partial charge < -0.3 is 19.2 Å². The monoisotopic (exact) mass is 446 g/mol. The number of hydrogen-bond donors (Lipinski definition) is 2. The Kier molecular flexibility index (Phi) is 5.72. The molecule has 0 bridgehead atoms. The minimum atomic E-state index is -0.584. The third-order valence-electron chi connectivity index (χ3n) is 6.37. The van der Waals surface area contributed by atoms with Gasteiger partial charge in [0, 0.05) is 60.3 Å². The fourth-order valence-corrected chi connectivity index (χ4v) is 4.73. The van der Waals surface area contributed by atoms with Crippen LogP contribution < -0.4 is 5.73 Å². The quantitative estimate of drug-likeness (QED) is 0.356. The zero-order chi connectivity index (χ0) is 22.9. The number of pyridine rings is 1. The van der Waals surface area contributed by atoms with Crippen LogP contribution in [0.4, 0.5) is 0 Å². The van der Waals surface area contributed by atoms with Crippen LogP contribution in [0.1, 0.15) is 27.5 Å². The number of ether oxygens (including phenoxy) is 1. The van der Waals surface area contributed by atoms with E-state index in [1.807, 2.05) is 36.4 Å². The summed E-state index contributed by atoms with van der Waals surface area (Å²) in [4.78, 5) is 21.6. The molecule has 1 fully saturated rings. The highest BCUT2D eigenvalue weighted by atomic mass is 16.5. The second-order valence-corrected chi connectivity index (χ2v) is 8.28. The molecule has 8 heteroatoms. The summed E-state index contributed by atoms with van der Waals surface area (Å²) in [6.45, 7) is 3.15. The second kappa shape index (κ2) is 8.82. The summed E-state index contributed by atoms with van der Waals surface area (Å²) in [6.07, 6.45) is 4.88. The molecule has 0 amide bonds. The van der Waals surface area contributed by atoms with Crippen molar-refractivity contribution in [3.05, 3.63) is 71.7 Å². The number of piperazine rings is 1. The number of phenols is 1. The molecular weight excluding hydrogens is 420 g/mol. The number of nitrogens with two attached hydrogens (primary N) is 1. The van der Waals surface area contributed by atoms with Gasteiger partial charge in [-0.3, -0.25) is 15.6 Å². The molecule has 2 aromatic heterocycles. The summed E-state index contributed by atoms with van der Waals surface area (Å²) in [6, 6.07) is 11.1. The molecule has 0 radical (unpaired) electrons. The van der Waals surface area contributed by atoms with Gasteiger partial charge in [-0.15, -0.1) is 0 Å². The fourth-order valence-electron chi connectivity index (χ4n) is 4.73. The zero-order valence-electron chi connectivity index (χ0n) is 18.4. The molecule has 1 atom stereocenters. The number of furan rings is 1.